The summed E-state index contributed by atoms with van der Waals surface area (Å²) in [7, 11) is 0. The van der Waals surface area contributed by atoms with Crippen LogP contribution in [0.5, 0.6) is 11.5 Å². The fourth-order valence-corrected chi connectivity index (χ4v) is 1.93. The van der Waals surface area contributed by atoms with Crippen molar-refractivity contribution >= 4 is 21.6 Å². The molecule has 0 atom stereocenters. The highest BCUT2D eigenvalue weighted by Gasteiger charge is 2.24. The van der Waals surface area contributed by atoms with Crippen molar-refractivity contribution in [1.29, 1.82) is 0 Å². The van der Waals surface area contributed by atoms with Crippen molar-refractivity contribution in [2.45, 2.75) is 6.92 Å². The molecule has 0 spiro atoms. The second-order valence-electron chi connectivity index (χ2n) is 3.12. The molecule has 0 aromatic heterocycles. The molecular weight excluding hydrogens is 266 g/mol. The molecule has 0 saturated carbocycles. The number of fused-ring (bicyclic) bond motifs is 1. The summed E-state index contributed by atoms with van der Waals surface area (Å²) in [4.78, 5) is 10.3. The van der Waals surface area contributed by atoms with Crippen LogP contribution in [0.2, 0.25) is 0 Å². The van der Waals surface area contributed by atoms with Gasteiger partial charge in [-0.05, 0) is 22.9 Å². The molecule has 5 nitrogen and oxygen atoms in total. The number of hydrogen-bond acceptors (Lipinski definition) is 4. The molecule has 0 radical (unpaired) electrons. The van der Waals surface area contributed by atoms with Gasteiger partial charge >= 0.3 is 0 Å². The van der Waals surface area contributed by atoms with Gasteiger partial charge in [0.1, 0.15) is 13.2 Å². The van der Waals surface area contributed by atoms with Gasteiger partial charge in [0.2, 0.25) is 0 Å². The Kier molecular flexibility index (Phi) is 2.52. The Morgan fingerprint density at radius 1 is 1.47 bits per heavy atom. The van der Waals surface area contributed by atoms with E-state index in [1.54, 1.807) is 6.92 Å². The lowest BCUT2D eigenvalue weighted by Crippen LogP contribution is -2.16. The summed E-state index contributed by atoms with van der Waals surface area (Å²) in [5.41, 5.74) is 0.579. The van der Waals surface area contributed by atoms with Crippen LogP contribution in [0.25, 0.3) is 0 Å². The number of rotatable bonds is 1. The van der Waals surface area contributed by atoms with E-state index in [2.05, 4.69) is 15.9 Å². The minimum atomic E-state index is -0.432. The fraction of sp³-hybridized carbons (Fsp3) is 0.333. The molecule has 1 aromatic rings. The number of ether oxygens (including phenoxy) is 2. The Morgan fingerprint density at radius 3 is 2.80 bits per heavy atom. The van der Waals surface area contributed by atoms with Gasteiger partial charge in [0.25, 0.3) is 5.69 Å². The molecule has 0 N–H and O–H groups in total. The van der Waals surface area contributed by atoms with E-state index in [9.17, 15) is 10.1 Å². The number of nitro groups is 1. The van der Waals surface area contributed by atoms with Gasteiger partial charge < -0.3 is 9.47 Å². The minimum absolute atomic E-state index is 0.0334. The Bertz CT molecular complexity index is 433. The van der Waals surface area contributed by atoms with Gasteiger partial charge in [0.15, 0.2) is 11.5 Å². The van der Waals surface area contributed by atoms with Crippen LogP contribution in [0.3, 0.4) is 0 Å². The summed E-state index contributed by atoms with van der Waals surface area (Å²) < 4.78 is 11.3. The molecule has 1 aliphatic heterocycles. The van der Waals surface area contributed by atoms with Gasteiger partial charge in [-0.25, -0.2) is 0 Å². The summed E-state index contributed by atoms with van der Waals surface area (Å²) in [6.45, 7) is 2.54. The van der Waals surface area contributed by atoms with E-state index >= 15 is 0 Å². The van der Waals surface area contributed by atoms with E-state index < -0.39 is 4.92 Å². The number of hydrogen-bond donors (Lipinski definition) is 0. The van der Waals surface area contributed by atoms with Crippen LogP contribution < -0.4 is 9.47 Å². The first-order valence-electron chi connectivity index (χ1n) is 4.34. The van der Waals surface area contributed by atoms with Crippen LogP contribution in [-0.2, 0) is 0 Å². The molecule has 1 aliphatic rings. The molecule has 0 saturated heterocycles. The van der Waals surface area contributed by atoms with E-state index in [0.29, 0.717) is 34.7 Å². The molecule has 1 heterocycles. The highest BCUT2D eigenvalue weighted by molar-refractivity contribution is 9.10. The molecule has 0 bridgehead atoms. The van der Waals surface area contributed by atoms with E-state index in [1.807, 2.05) is 0 Å². The first-order chi connectivity index (χ1) is 7.11. The Balaban J connectivity index is 2.63. The quantitative estimate of drug-likeness (QED) is 0.583. The zero-order chi connectivity index (χ0) is 11.0. The SMILES string of the molecule is Cc1c([N+](=O)[O-])cc2c(c1Br)OCCO2. The standard InChI is InChI=1S/C9H8BrNO4/c1-5-6(11(12)13)4-7-9(8(5)10)15-3-2-14-7/h4H,2-3H2,1H3. The highest BCUT2D eigenvalue weighted by atomic mass is 79.9. The van der Waals surface area contributed by atoms with E-state index in [0.717, 1.165) is 0 Å². The third-order valence-electron chi connectivity index (χ3n) is 2.19. The topological polar surface area (TPSA) is 61.6 Å². The Hall–Kier alpha value is -1.30. The van der Waals surface area contributed by atoms with Crippen LogP contribution in [0.1, 0.15) is 5.56 Å². The molecule has 6 heteroatoms. The normalized spacial score (nSPS) is 13.7. The van der Waals surface area contributed by atoms with Crippen LogP contribution in [-0.4, -0.2) is 18.1 Å². The average molecular weight is 274 g/mol. The molecule has 0 aliphatic carbocycles. The average Bonchev–Trinajstić information content (AvgIpc) is 2.23. The van der Waals surface area contributed by atoms with Crippen molar-refractivity contribution in [3.8, 4) is 11.5 Å². The van der Waals surface area contributed by atoms with Crippen molar-refractivity contribution in [2.75, 3.05) is 13.2 Å². The smallest absolute Gasteiger partial charge is 0.277 e. The van der Waals surface area contributed by atoms with Gasteiger partial charge in [-0.15, -0.1) is 0 Å². The predicted molar refractivity (Wildman–Crippen MR) is 56.5 cm³/mol. The van der Waals surface area contributed by atoms with Crippen LogP contribution in [0.15, 0.2) is 10.5 Å². The van der Waals surface area contributed by atoms with E-state index in [1.165, 1.54) is 6.07 Å². The van der Waals surface area contributed by atoms with E-state index in [-0.39, 0.29) is 5.69 Å². The molecule has 2 rings (SSSR count). The Morgan fingerprint density at radius 2 is 2.13 bits per heavy atom. The van der Waals surface area contributed by atoms with Gasteiger partial charge in [0, 0.05) is 5.56 Å². The van der Waals surface area contributed by atoms with Gasteiger partial charge in [-0.3, -0.25) is 10.1 Å². The first kappa shape index (κ1) is 10.2. The Labute approximate surface area is 94.3 Å². The van der Waals surface area contributed by atoms with Crippen molar-refractivity contribution in [3.63, 3.8) is 0 Å². The lowest BCUT2D eigenvalue weighted by Gasteiger charge is -2.20. The zero-order valence-corrected chi connectivity index (χ0v) is 9.54. The molecule has 80 valence electrons. The fourth-order valence-electron chi connectivity index (χ4n) is 1.42. The number of nitrogens with zero attached hydrogens (tertiary/aromatic N) is 1. The van der Waals surface area contributed by atoms with Crippen LogP contribution in [0, 0.1) is 17.0 Å². The zero-order valence-electron chi connectivity index (χ0n) is 7.95. The second-order valence-corrected chi connectivity index (χ2v) is 3.91. The lowest BCUT2D eigenvalue weighted by molar-refractivity contribution is -0.385. The third-order valence-corrected chi connectivity index (χ3v) is 3.14. The summed E-state index contributed by atoms with van der Waals surface area (Å²) in [5.74, 6) is 0.967. The maximum absolute atomic E-state index is 10.7. The second kappa shape index (κ2) is 3.69. The van der Waals surface area contributed by atoms with Gasteiger partial charge in [-0.2, -0.15) is 0 Å². The van der Waals surface area contributed by atoms with Crippen molar-refractivity contribution < 1.29 is 14.4 Å². The first-order valence-corrected chi connectivity index (χ1v) is 5.13. The van der Waals surface area contributed by atoms with Crippen LogP contribution in [0.4, 0.5) is 5.69 Å². The molecule has 15 heavy (non-hydrogen) atoms. The molecule has 0 fully saturated rings. The van der Waals surface area contributed by atoms with Gasteiger partial charge in [0.05, 0.1) is 15.5 Å². The molecule has 0 unspecified atom stereocenters. The molecule has 0 amide bonds. The number of nitro benzene ring substituents is 1. The highest BCUT2D eigenvalue weighted by Crippen LogP contribution is 2.43. The van der Waals surface area contributed by atoms with Crippen LogP contribution >= 0.6 is 15.9 Å². The van der Waals surface area contributed by atoms with Crippen molar-refractivity contribution in [3.05, 3.63) is 26.2 Å². The third kappa shape index (κ3) is 1.65. The maximum Gasteiger partial charge on any atom is 0.277 e. The number of benzene rings is 1. The monoisotopic (exact) mass is 273 g/mol. The molecule has 1 aromatic carbocycles. The summed E-state index contributed by atoms with van der Waals surface area (Å²) in [5, 5.41) is 10.7. The summed E-state index contributed by atoms with van der Waals surface area (Å²) in [6, 6.07) is 1.40. The van der Waals surface area contributed by atoms with Crippen molar-refractivity contribution in [2.24, 2.45) is 0 Å². The summed E-state index contributed by atoms with van der Waals surface area (Å²) >= 11 is 3.28. The van der Waals surface area contributed by atoms with Gasteiger partial charge in [-0.1, -0.05) is 0 Å². The lowest BCUT2D eigenvalue weighted by atomic mass is 10.1. The van der Waals surface area contributed by atoms with E-state index in [4.69, 9.17) is 9.47 Å². The van der Waals surface area contributed by atoms with Crippen molar-refractivity contribution in [1.82, 2.24) is 0 Å². The largest absolute Gasteiger partial charge is 0.486 e. The predicted octanol–water partition coefficient (Wildman–Crippen LogP) is 2.44. The number of halogens is 1. The summed E-state index contributed by atoms with van der Waals surface area (Å²) in [6.07, 6.45) is 0. The minimum Gasteiger partial charge on any atom is -0.486 e. The molecular formula is C9H8BrNO4. The maximum atomic E-state index is 10.7.